The van der Waals surface area contributed by atoms with E-state index in [1.165, 1.54) is 0 Å². The molecule has 2 atom stereocenters. The van der Waals surface area contributed by atoms with Crippen molar-refractivity contribution in [1.82, 2.24) is 0 Å². The molecule has 0 radical (unpaired) electrons. The number of hydrogen-bond donors (Lipinski definition) is 0. The number of anilines is 1. The third kappa shape index (κ3) is 2.09. The molecule has 1 aliphatic carbocycles. The molecule has 2 amide bonds. The van der Waals surface area contributed by atoms with Gasteiger partial charge in [-0.3, -0.25) is 19.7 Å². The molecule has 22 heavy (non-hydrogen) atoms. The van der Waals surface area contributed by atoms with Gasteiger partial charge < -0.3 is 0 Å². The van der Waals surface area contributed by atoms with Crippen LogP contribution in [0.5, 0.6) is 0 Å². The predicted molar refractivity (Wildman–Crippen MR) is 75.5 cm³/mol. The highest BCUT2D eigenvalue weighted by Crippen LogP contribution is 2.40. The summed E-state index contributed by atoms with van der Waals surface area (Å²) in [4.78, 5) is 35.8. The number of carbonyl (C=O) groups excluding carboxylic acids is 2. The Hall–Kier alpha value is -2.57. The van der Waals surface area contributed by atoms with Crippen LogP contribution in [0.4, 0.5) is 15.8 Å². The second kappa shape index (κ2) is 5.01. The summed E-state index contributed by atoms with van der Waals surface area (Å²) in [5, 5.41) is 10.8. The van der Waals surface area contributed by atoms with E-state index in [-0.39, 0.29) is 11.4 Å². The lowest BCUT2D eigenvalue weighted by Crippen LogP contribution is -2.31. The van der Waals surface area contributed by atoms with Crippen molar-refractivity contribution in [2.45, 2.75) is 19.8 Å². The Labute approximate surface area is 125 Å². The summed E-state index contributed by atoms with van der Waals surface area (Å²) in [6.45, 7) is 1.88. The van der Waals surface area contributed by atoms with Crippen molar-refractivity contribution in [3.63, 3.8) is 0 Å². The zero-order chi connectivity index (χ0) is 16.0. The van der Waals surface area contributed by atoms with Crippen LogP contribution in [0.25, 0.3) is 0 Å². The number of rotatable bonds is 2. The summed E-state index contributed by atoms with van der Waals surface area (Å²) in [6.07, 6.45) is 2.80. The number of allylic oxidation sites excluding steroid dienone is 2. The van der Waals surface area contributed by atoms with E-state index in [0.717, 1.165) is 28.7 Å². The van der Waals surface area contributed by atoms with Crippen molar-refractivity contribution in [3.05, 3.63) is 45.8 Å². The van der Waals surface area contributed by atoms with Crippen LogP contribution in [-0.4, -0.2) is 16.7 Å². The maximum atomic E-state index is 14.0. The Morgan fingerprint density at radius 3 is 2.64 bits per heavy atom. The fourth-order valence-electron chi connectivity index (χ4n) is 3.06. The summed E-state index contributed by atoms with van der Waals surface area (Å²) in [7, 11) is 0. The van der Waals surface area contributed by atoms with Gasteiger partial charge in [0.25, 0.3) is 5.69 Å². The molecular weight excluding hydrogens is 291 g/mol. The van der Waals surface area contributed by atoms with Gasteiger partial charge in [0.15, 0.2) is 0 Å². The van der Waals surface area contributed by atoms with E-state index in [4.69, 9.17) is 0 Å². The zero-order valence-electron chi connectivity index (χ0n) is 11.8. The molecule has 1 aromatic carbocycles. The minimum Gasteiger partial charge on any atom is -0.274 e. The van der Waals surface area contributed by atoms with Gasteiger partial charge in [0.2, 0.25) is 11.8 Å². The van der Waals surface area contributed by atoms with Gasteiger partial charge in [0.1, 0.15) is 5.82 Å². The number of fused-ring (bicyclic) bond motifs is 1. The fraction of sp³-hybridized carbons (Fsp3) is 0.333. The average Bonchev–Trinajstić information content (AvgIpc) is 2.71. The molecule has 1 aromatic rings. The maximum Gasteiger partial charge on any atom is 0.271 e. The Morgan fingerprint density at radius 1 is 1.27 bits per heavy atom. The SMILES string of the molecule is CC1=CCC2C(=O)N(c3cc([N+](=O)[O-])ccc3F)C(=O)C2C1. The molecule has 3 rings (SSSR count). The topological polar surface area (TPSA) is 80.5 Å². The monoisotopic (exact) mass is 304 g/mol. The summed E-state index contributed by atoms with van der Waals surface area (Å²) in [5.74, 6) is -2.80. The molecule has 7 heteroatoms. The van der Waals surface area contributed by atoms with Crippen LogP contribution in [0.1, 0.15) is 19.8 Å². The third-order valence-corrected chi connectivity index (χ3v) is 4.20. The molecule has 1 aliphatic heterocycles. The molecule has 1 heterocycles. The number of nitro groups is 1. The van der Waals surface area contributed by atoms with E-state index < -0.39 is 34.4 Å². The fourth-order valence-corrected chi connectivity index (χ4v) is 3.06. The summed E-state index contributed by atoms with van der Waals surface area (Å²) < 4.78 is 14.0. The van der Waals surface area contributed by atoms with E-state index >= 15 is 0 Å². The average molecular weight is 304 g/mol. The van der Waals surface area contributed by atoms with Gasteiger partial charge in [0, 0.05) is 12.1 Å². The number of imide groups is 1. The number of amides is 2. The highest BCUT2D eigenvalue weighted by Gasteiger charge is 2.49. The Bertz CT molecular complexity index is 728. The number of carbonyl (C=O) groups is 2. The molecule has 1 saturated heterocycles. The molecule has 2 aliphatic rings. The first-order valence-electron chi connectivity index (χ1n) is 6.87. The van der Waals surface area contributed by atoms with Crippen LogP contribution in [0, 0.1) is 27.8 Å². The van der Waals surface area contributed by atoms with Crippen LogP contribution in [-0.2, 0) is 9.59 Å². The summed E-state index contributed by atoms with van der Waals surface area (Å²) >= 11 is 0. The first-order valence-corrected chi connectivity index (χ1v) is 6.87. The van der Waals surface area contributed by atoms with Crippen molar-refractivity contribution >= 4 is 23.2 Å². The molecule has 1 fully saturated rings. The normalized spacial score (nSPS) is 24.3. The Kier molecular flexibility index (Phi) is 3.27. The number of nitrogens with zero attached hydrogens (tertiary/aromatic N) is 2. The van der Waals surface area contributed by atoms with Crippen molar-refractivity contribution in [2.75, 3.05) is 4.90 Å². The summed E-state index contributed by atoms with van der Waals surface area (Å²) in [6, 6.07) is 2.84. The minimum absolute atomic E-state index is 0.337. The highest BCUT2D eigenvalue weighted by atomic mass is 19.1. The van der Waals surface area contributed by atoms with Gasteiger partial charge in [0.05, 0.1) is 22.4 Å². The van der Waals surface area contributed by atoms with E-state index in [2.05, 4.69) is 0 Å². The van der Waals surface area contributed by atoms with Gasteiger partial charge in [-0.15, -0.1) is 0 Å². The van der Waals surface area contributed by atoms with Gasteiger partial charge in [-0.1, -0.05) is 11.6 Å². The Balaban J connectivity index is 2.03. The van der Waals surface area contributed by atoms with Crippen molar-refractivity contribution in [1.29, 1.82) is 0 Å². The van der Waals surface area contributed by atoms with E-state index in [1.807, 2.05) is 13.0 Å². The van der Waals surface area contributed by atoms with Crippen LogP contribution in [0.15, 0.2) is 29.8 Å². The van der Waals surface area contributed by atoms with Crippen LogP contribution in [0.2, 0.25) is 0 Å². The molecule has 2 unspecified atom stereocenters. The maximum absolute atomic E-state index is 14.0. The second-order valence-corrected chi connectivity index (χ2v) is 5.61. The molecule has 0 saturated carbocycles. The van der Waals surface area contributed by atoms with Gasteiger partial charge in [-0.25, -0.2) is 9.29 Å². The zero-order valence-corrected chi connectivity index (χ0v) is 11.8. The number of hydrogen-bond acceptors (Lipinski definition) is 4. The van der Waals surface area contributed by atoms with Crippen LogP contribution >= 0.6 is 0 Å². The largest absolute Gasteiger partial charge is 0.274 e. The lowest BCUT2D eigenvalue weighted by Gasteiger charge is -2.18. The number of non-ortho nitro benzene ring substituents is 1. The second-order valence-electron chi connectivity index (χ2n) is 5.61. The first-order chi connectivity index (χ1) is 10.4. The molecule has 114 valence electrons. The van der Waals surface area contributed by atoms with E-state index in [0.29, 0.717) is 12.8 Å². The standard InChI is InChI=1S/C15H13FN2O4/c1-8-2-4-10-11(6-8)15(20)17(14(10)19)13-7-9(18(21)22)3-5-12(13)16/h2-3,5,7,10-11H,4,6H2,1H3. The number of halogens is 1. The highest BCUT2D eigenvalue weighted by molar-refractivity contribution is 6.22. The molecular formula is C15H13FN2O4. The number of nitro benzene ring substituents is 1. The molecule has 0 aromatic heterocycles. The quantitative estimate of drug-likeness (QED) is 0.364. The summed E-state index contributed by atoms with van der Waals surface area (Å²) in [5.41, 5.74) is 0.321. The van der Waals surface area contributed by atoms with Gasteiger partial charge >= 0.3 is 0 Å². The van der Waals surface area contributed by atoms with Crippen molar-refractivity contribution in [3.8, 4) is 0 Å². The lowest BCUT2D eigenvalue weighted by atomic mass is 9.82. The molecule has 0 N–H and O–H groups in total. The predicted octanol–water partition coefficient (Wildman–Crippen LogP) is 2.58. The molecule has 0 spiro atoms. The third-order valence-electron chi connectivity index (χ3n) is 4.20. The van der Waals surface area contributed by atoms with Crippen molar-refractivity contribution in [2.24, 2.45) is 11.8 Å². The molecule has 0 bridgehead atoms. The first kappa shape index (κ1) is 14.4. The van der Waals surface area contributed by atoms with Gasteiger partial charge in [-0.05, 0) is 25.8 Å². The van der Waals surface area contributed by atoms with E-state index in [9.17, 15) is 24.1 Å². The molecule has 6 nitrogen and oxygen atoms in total. The minimum atomic E-state index is -0.823. The van der Waals surface area contributed by atoms with Gasteiger partial charge in [-0.2, -0.15) is 0 Å². The lowest BCUT2D eigenvalue weighted by molar-refractivity contribution is -0.384. The number of benzene rings is 1. The Morgan fingerprint density at radius 2 is 1.95 bits per heavy atom. The van der Waals surface area contributed by atoms with Crippen molar-refractivity contribution < 1.29 is 18.9 Å². The smallest absolute Gasteiger partial charge is 0.271 e. The van der Waals surface area contributed by atoms with Crippen LogP contribution in [0.3, 0.4) is 0 Å². The van der Waals surface area contributed by atoms with E-state index in [1.54, 1.807) is 0 Å². The van der Waals surface area contributed by atoms with Crippen LogP contribution < -0.4 is 4.90 Å².